The Kier molecular flexibility index (Phi) is 6.21. The van der Waals surface area contributed by atoms with Crippen molar-refractivity contribution < 1.29 is 9.53 Å². The fraction of sp³-hybridized carbons (Fsp3) is 0.130. The van der Waals surface area contributed by atoms with Gasteiger partial charge in [0.15, 0.2) is 6.61 Å². The van der Waals surface area contributed by atoms with Crippen LogP contribution >= 0.6 is 0 Å². The zero-order valence-corrected chi connectivity index (χ0v) is 14.8. The van der Waals surface area contributed by atoms with Gasteiger partial charge in [0, 0.05) is 0 Å². The van der Waals surface area contributed by atoms with Crippen molar-refractivity contribution in [2.75, 3.05) is 6.61 Å². The van der Waals surface area contributed by atoms with Crippen LogP contribution < -0.4 is 10.1 Å². The Morgan fingerprint density at radius 2 is 1.56 bits per heavy atom. The van der Waals surface area contributed by atoms with E-state index in [1.54, 1.807) is 24.3 Å². The molecule has 3 aromatic carbocycles. The number of carbonyl (C=O) groups excluding carboxylic acids is 1. The maximum atomic E-state index is 12.4. The average molecular weight is 356 g/mol. The predicted octanol–water partition coefficient (Wildman–Crippen LogP) is 4.04. The number of rotatable bonds is 7. The summed E-state index contributed by atoms with van der Waals surface area (Å²) in [7, 11) is 0. The fourth-order valence-electron chi connectivity index (χ4n) is 2.80. The highest BCUT2D eigenvalue weighted by molar-refractivity contribution is 5.78. The van der Waals surface area contributed by atoms with Crippen LogP contribution in [-0.4, -0.2) is 12.5 Å². The minimum absolute atomic E-state index is 0.0793. The highest BCUT2D eigenvalue weighted by Gasteiger charge is 2.15. The Morgan fingerprint density at radius 3 is 2.19 bits per heavy atom. The molecule has 0 fully saturated rings. The van der Waals surface area contributed by atoms with E-state index in [9.17, 15) is 4.79 Å². The standard InChI is InChI=1S/C23H20N2O2/c24-16-19-11-13-21(14-12-19)27-17-23(26)25-22(20-9-5-2-6-10-20)15-18-7-3-1-4-8-18/h1-14,22H,15,17H2,(H,25,26). The first kappa shape index (κ1) is 18.2. The number of amides is 1. The second kappa shape index (κ2) is 9.21. The molecule has 1 unspecified atom stereocenters. The molecule has 1 N–H and O–H groups in total. The molecule has 0 aliphatic rings. The van der Waals surface area contributed by atoms with E-state index in [-0.39, 0.29) is 18.6 Å². The summed E-state index contributed by atoms with van der Waals surface area (Å²) in [6, 6.07) is 28.6. The Morgan fingerprint density at radius 1 is 0.926 bits per heavy atom. The third-order valence-electron chi connectivity index (χ3n) is 4.17. The molecule has 0 aliphatic heterocycles. The predicted molar refractivity (Wildman–Crippen MR) is 104 cm³/mol. The number of nitrogens with one attached hydrogen (secondary N) is 1. The lowest BCUT2D eigenvalue weighted by Gasteiger charge is -2.20. The van der Waals surface area contributed by atoms with Gasteiger partial charge in [-0.05, 0) is 41.8 Å². The Hall–Kier alpha value is -3.58. The van der Waals surface area contributed by atoms with E-state index in [0.29, 0.717) is 17.7 Å². The summed E-state index contributed by atoms with van der Waals surface area (Å²) < 4.78 is 5.53. The molecule has 3 rings (SSSR count). The summed E-state index contributed by atoms with van der Waals surface area (Å²) in [4.78, 5) is 12.4. The Bertz CT molecular complexity index is 901. The average Bonchev–Trinajstić information content (AvgIpc) is 2.73. The van der Waals surface area contributed by atoms with Gasteiger partial charge in [-0.25, -0.2) is 0 Å². The van der Waals surface area contributed by atoms with E-state index >= 15 is 0 Å². The molecule has 0 radical (unpaired) electrons. The van der Waals surface area contributed by atoms with Crippen molar-refractivity contribution in [2.45, 2.75) is 12.5 Å². The van der Waals surface area contributed by atoms with E-state index in [2.05, 4.69) is 23.5 Å². The van der Waals surface area contributed by atoms with Crippen LogP contribution in [-0.2, 0) is 11.2 Å². The van der Waals surface area contributed by atoms with Gasteiger partial charge in [-0.15, -0.1) is 0 Å². The molecule has 0 aliphatic carbocycles. The number of ether oxygens (including phenoxy) is 1. The molecule has 0 saturated heterocycles. The van der Waals surface area contributed by atoms with Crippen LogP contribution in [0.4, 0.5) is 0 Å². The van der Waals surface area contributed by atoms with Crippen LogP contribution in [0, 0.1) is 11.3 Å². The highest BCUT2D eigenvalue weighted by Crippen LogP contribution is 2.18. The van der Waals surface area contributed by atoms with Crippen molar-refractivity contribution in [1.82, 2.24) is 5.32 Å². The van der Waals surface area contributed by atoms with Crippen molar-refractivity contribution in [3.8, 4) is 11.8 Å². The summed E-state index contributed by atoms with van der Waals surface area (Å²) in [5, 5.41) is 11.9. The monoisotopic (exact) mass is 356 g/mol. The number of benzene rings is 3. The fourth-order valence-corrected chi connectivity index (χ4v) is 2.80. The van der Waals surface area contributed by atoms with Gasteiger partial charge >= 0.3 is 0 Å². The van der Waals surface area contributed by atoms with E-state index in [0.717, 1.165) is 11.1 Å². The molecule has 0 bridgehead atoms. The van der Waals surface area contributed by atoms with Crippen molar-refractivity contribution in [2.24, 2.45) is 0 Å². The molecule has 134 valence electrons. The topological polar surface area (TPSA) is 62.1 Å². The van der Waals surface area contributed by atoms with Gasteiger partial charge in [-0.3, -0.25) is 4.79 Å². The van der Waals surface area contributed by atoms with Crippen molar-refractivity contribution >= 4 is 5.91 Å². The number of nitriles is 1. The van der Waals surface area contributed by atoms with Crippen molar-refractivity contribution in [3.05, 3.63) is 102 Å². The lowest BCUT2D eigenvalue weighted by atomic mass is 9.99. The third-order valence-corrected chi connectivity index (χ3v) is 4.17. The maximum Gasteiger partial charge on any atom is 0.258 e. The molecule has 1 amide bonds. The van der Waals surface area contributed by atoms with Gasteiger partial charge in [0.2, 0.25) is 0 Å². The number of hydrogen-bond acceptors (Lipinski definition) is 3. The maximum absolute atomic E-state index is 12.4. The van der Waals surface area contributed by atoms with Gasteiger partial charge < -0.3 is 10.1 Å². The van der Waals surface area contributed by atoms with E-state index < -0.39 is 0 Å². The van der Waals surface area contributed by atoms with Gasteiger partial charge in [0.1, 0.15) is 5.75 Å². The minimum atomic E-state index is -0.191. The van der Waals surface area contributed by atoms with Crippen LogP contribution in [0.15, 0.2) is 84.9 Å². The molecule has 0 aromatic heterocycles. The SMILES string of the molecule is N#Cc1ccc(OCC(=O)NC(Cc2ccccc2)c2ccccc2)cc1. The number of carbonyl (C=O) groups is 1. The van der Waals surface area contributed by atoms with E-state index in [1.807, 2.05) is 48.5 Å². The van der Waals surface area contributed by atoms with Gasteiger partial charge in [-0.1, -0.05) is 60.7 Å². The largest absolute Gasteiger partial charge is 0.484 e. The van der Waals surface area contributed by atoms with Gasteiger partial charge in [0.25, 0.3) is 5.91 Å². The first-order chi connectivity index (χ1) is 13.2. The quantitative estimate of drug-likeness (QED) is 0.695. The zero-order chi connectivity index (χ0) is 18.9. The zero-order valence-electron chi connectivity index (χ0n) is 14.8. The van der Waals surface area contributed by atoms with Crippen molar-refractivity contribution in [3.63, 3.8) is 0 Å². The molecular weight excluding hydrogens is 336 g/mol. The minimum Gasteiger partial charge on any atom is -0.484 e. The summed E-state index contributed by atoms with van der Waals surface area (Å²) in [6.45, 7) is -0.0793. The number of nitrogens with zero attached hydrogens (tertiary/aromatic N) is 1. The van der Waals surface area contributed by atoms with E-state index in [4.69, 9.17) is 10.00 Å². The van der Waals surface area contributed by atoms with Crippen LogP contribution in [0.5, 0.6) is 5.75 Å². The first-order valence-electron chi connectivity index (χ1n) is 8.76. The molecular formula is C23H20N2O2. The van der Waals surface area contributed by atoms with Crippen LogP contribution in [0.1, 0.15) is 22.7 Å². The van der Waals surface area contributed by atoms with Gasteiger partial charge in [-0.2, -0.15) is 5.26 Å². The summed E-state index contributed by atoms with van der Waals surface area (Å²) in [6.07, 6.45) is 0.702. The van der Waals surface area contributed by atoms with Crippen molar-refractivity contribution in [1.29, 1.82) is 5.26 Å². The molecule has 27 heavy (non-hydrogen) atoms. The number of hydrogen-bond donors (Lipinski definition) is 1. The van der Waals surface area contributed by atoms with Gasteiger partial charge in [0.05, 0.1) is 17.7 Å². The second-order valence-electron chi connectivity index (χ2n) is 6.15. The summed E-state index contributed by atoms with van der Waals surface area (Å²) in [5.41, 5.74) is 2.76. The smallest absolute Gasteiger partial charge is 0.258 e. The highest BCUT2D eigenvalue weighted by atomic mass is 16.5. The summed E-state index contributed by atoms with van der Waals surface area (Å²) in [5.74, 6) is 0.368. The molecule has 4 nitrogen and oxygen atoms in total. The molecule has 0 spiro atoms. The summed E-state index contributed by atoms with van der Waals surface area (Å²) >= 11 is 0. The second-order valence-corrected chi connectivity index (χ2v) is 6.15. The first-order valence-corrected chi connectivity index (χ1v) is 8.76. The normalized spacial score (nSPS) is 11.2. The Labute approximate surface area is 159 Å². The molecule has 0 saturated carbocycles. The van der Waals surface area contributed by atoms with E-state index in [1.165, 1.54) is 0 Å². The lowest BCUT2D eigenvalue weighted by molar-refractivity contribution is -0.123. The molecule has 1 atom stereocenters. The lowest BCUT2D eigenvalue weighted by Crippen LogP contribution is -2.33. The molecule has 4 heteroatoms. The molecule has 3 aromatic rings. The third kappa shape index (κ3) is 5.45. The Balaban J connectivity index is 1.64. The van der Waals surface area contributed by atoms with Crippen LogP contribution in [0.3, 0.4) is 0 Å². The van der Waals surface area contributed by atoms with Crippen LogP contribution in [0.2, 0.25) is 0 Å². The molecule has 0 heterocycles. The van der Waals surface area contributed by atoms with Crippen LogP contribution in [0.25, 0.3) is 0 Å².